The van der Waals surface area contributed by atoms with Crippen molar-refractivity contribution in [2.24, 2.45) is 0 Å². The van der Waals surface area contributed by atoms with Crippen molar-refractivity contribution < 1.29 is 14.3 Å². The van der Waals surface area contributed by atoms with Gasteiger partial charge in [0.15, 0.2) is 5.78 Å². The van der Waals surface area contributed by atoms with Crippen molar-refractivity contribution in [2.45, 2.75) is 31.7 Å². The Bertz CT molecular complexity index is 595. The van der Waals surface area contributed by atoms with Crippen LogP contribution < -0.4 is 0 Å². The zero-order valence-electron chi connectivity index (χ0n) is 12.5. The normalized spacial score (nSPS) is 21.7. The molecule has 0 aromatic heterocycles. The fraction of sp³-hybridized carbons (Fsp3) is 0.316. The van der Waals surface area contributed by atoms with Crippen LogP contribution in [0.3, 0.4) is 0 Å². The van der Waals surface area contributed by atoms with Gasteiger partial charge in [0, 0.05) is 12.8 Å². The van der Waals surface area contributed by atoms with E-state index in [1.54, 1.807) is 0 Å². The third kappa shape index (κ3) is 4.03. The molecule has 2 unspecified atom stereocenters. The van der Waals surface area contributed by atoms with Gasteiger partial charge in [-0.1, -0.05) is 60.7 Å². The lowest BCUT2D eigenvalue weighted by molar-refractivity contribution is -0.149. The molecular formula is C19H20O3. The average Bonchev–Trinajstić information content (AvgIpc) is 2.57. The first kappa shape index (κ1) is 14.9. The zero-order valence-corrected chi connectivity index (χ0v) is 12.5. The molecule has 0 spiro atoms. The van der Waals surface area contributed by atoms with Crippen LogP contribution in [-0.4, -0.2) is 24.6 Å². The maximum atomic E-state index is 12.2. The van der Waals surface area contributed by atoms with E-state index in [1.807, 2.05) is 60.7 Å². The summed E-state index contributed by atoms with van der Waals surface area (Å²) in [6.45, 7) is 1.00. The standard InChI is InChI=1S/C19H20O3/c20-18-12-17(21-13-16-9-5-2-6-10-16)14-22-19(18)11-15-7-3-1-4-8-15/h1-10,17,19H,11-14H2. The van der Waals surface area contributed by atoms with Crippen molar-refractivity contribution in [3.8, 4) is 0 Å². The highest BCUT2D eigenvalue weighted by atomic mass is 16.5. The van der Waals surface area contributed by atoms with Crippen LogP contribution in [0.5, 0.6) is 0 Å². The Labute approximate surface area is 130 Å². The average molecular weight is 296 g/mol. The molecule has 1 fully saturated rings. The second kappa shape index (κ2) is 7.34. The topological polar surface area (TPSA) is 35.5 Å². The molecule has 1 saturated heterocycles. The predicted octanol–water partition coefficient (Wildman–Crippen LogP) is 3.17. The molecule has 1 heterocycles. The van der Waals surface area contributed by atoms with Crippen molar-refractivity contribution in [2.75, 3.05) is 6.61 Å². The summed E-state index contributed by atoms with van der Waals surface area (Å²) in [6.07, 6.45) is 0.605. The molecule has 0 saturated carbocycles. The van der Waals surface area contributed by atoms with Crippen LogP contribution in [0.2, 0.25) is 0 Å². The third-order valence-electron chi connectivity index (χ3n) is 3.86. The summed E-state index contributed by atoms with van der Waals surface area (Å²) < 4.78 is 11.5. The number of hydrogen-bond donors (Lipinski definition) is 0. The second-order valence-corrected chi connectivity index (χ2v) is 5.60. The van der Waals surface area contributed by atoms with Crippen LogP contribution in [0.25, 0.3) is 0 Å². The lowest BCUT2D eigenvalue weighted by atomic mass is 9.99. The SMILES string of the molecule is O=C1CC(OCc2ccccc2)COC1Cc1ccccc1. The van der Waals surface area contributed by atoms with Gasteiger partial charge < -0.3 is 9.47 Å². The molecular weight excluding hydrogens is 276 g/mol. The third-order valence-corrected chi connectivity index (χ3v) is 3.86. The summed E-state index contributed by atoms with van der Waals surface area (Å²) in [7, 11) is 0. The number of ether oxygens (including phenoxy) is 2. The van der Waals surface area contributed by atoms with Crippen LogP contribution in [0.1, 0.15) is 17.5 Å². The highest BCUT2D eigenvalue weighted by Gasteiger charge is 2.29. The Hall–Kier alpha value is -1.97. The first-order valence-corrected chi connectivity index (χ1v) is 7.65. The highest BCUT2D eigenvalue weighted by Crippen LogP contribution is 2.18. The molecule has 3 rings (SSSR count). The molecule has 114 valence electrons. The van der Waals surface area contributed by atoms with Gasteiger partial charge in [-0.15, -0.1) is 0 Å². The van der Waals surface area contributed by atoms with Crippen LogP contribution >= 0.6 is 0 Å². The predicted molar refractivity (Wildman–Crippen MR) is 84.5 cm³/mol. The summed E-state index contributed by atoms with van der Waals surface area (Å²) >= 11 is 0. The Balaban J connectivity index is 1.49. The van der Waals surface area contributed by atoms with E-state index < -0.39 is 0 Å². The Morgan fingerprint density at radius 3 is 2.23 bits per heavy atom. The van der Waals surface area contributed by atoms with Crippen LogP contribution in [0, 0.1) is 0 Å². The van der Waals surface area contributed by atoms with E-state index in [-0.39, 0.29) is 18.0 Å². The molecule has 2 atom stereocenters. The maximum Gasteiger partial charge on any atom is 0.164 e. The quantitative estimate of drug-likeness (QED) is 0.850. The Kier molecular flexibility index (Phi) is 4.99. The number of rotatable bonds is 5. The van der Waals surface area contributed by atoms with Gasteiger partial charge in [-0.2, -0.15) is 0 Å². The van der Waals surface area contributed by atoms with E-state index in [4.69, 9.17) is 9.47 Å². The smallest absolute Gasteiger partial charge is 0.164 e. The van der Waals surface area contributed by atoms with E-state index in [0.717, 1.165) is 11.1 Å². The monoisotopic (exact) mass is 296 g/mol. The van der Waals surface area contributed by atoms with Crippen molar-refractivity contribution in [3.63, 3.8) is 0 Å². The van der Waals surface area contributed by atoms with E-state index >= 15 is 0 Å². The minimum atomic E-state index is -0.334. The summed E-state index contributed by atoms with van der Waals surface area (Å²) in [5.74, 6) is 0.133. The van der Waals surface area contributed by atoms with Crippen LogP contribution in [-0.2, 0) is 27.3 Å². The van der Waals surface area contributed by atoms with Gasteiger partial charge >= 0.3 is 0 Å². The fourth-order valence-corrected chi connectivity index (χ4v) is 2.63. The molecule has 2 aromatic rings. The molecule has 3 nitrogen and oxygen atoms in total. The Morgan fingerprint density at radius 1 is 0.955 bits per heavy atom. The summed E-state index contributed by atoms with van der Waals surface area (Å²) in [5, 5.41) is 0. The van der Waals surface area contributed by atoms with Gasteiger partial charge in [0.1, 0.15) is 6.10 Å². The van der Waals surface area contributed by atoms with Gasteiger partial charge in [0.05, 0.1) is 19.3 Å². The summed E-state index contributed by atoms with van der Waals surface area (Å²) in [6, 6.07) is 20.0. The number of hydrogen-bond acceptors (Lipinski definition) is 3. The van der Waals surface area contributed by atoms with Gasteiger partial charge in [-0.25, -0.2) is 0 Å². The number of ketones is 1. The van der Waals surface area contributed by atoms with E-state index in [1.165, 1.54) is 0 Å². The van der Waals surface area contributed by atoms with Crippen LogP contribution in [0.4, 0.5) is 0 Å². The van der Waals surface area contributed by atoms with Crippen molar-refractivity contribution in [1.29, 1.82) is 0 Å². The number of carbonyl (C=O) groups excluding carboxylic acids is 1. The van der Waals surface area contributed by atoms with Gasteiger partial charge in [-0.3, -0.25) is 4.79 Å². The van der Waals surface area contributed by atoms with Crippen molar-refractivity contribution >= 4 is 5.78 Å². The molecule has 2 aromatic carbocycles. The van der Waals surface area contributed by atoms with Gasteiger partial charge in [0.25, 0.3) is 0 Å². The lowest BCUT2D eigenvalue weighted by Gasteiger charge is -2.28. The number of carbonyl (C=O) groups is 1. The van der Waals surface area contributed by atoms with Crippen molar-refractivity contribution in [1.82, 2.24) is 0 Å². The first-order chi connectivity index (χ1) is 10.8. The lowest BCUT2D eigenvalue weighted by Crippen LogP contribution is -2.40. The minimum Gasteiger partial charge on any atom is -0.371 e. The highest BCUT2D eigenvalue weighted by molar-refractivity contribution is 5.84. The van der Waals surface area contributed by atoms with Crippen molar-refractivity contribution in [3.05, 3.63) is 71.8 Å². The van der Waals surface area contributed by atoms with E-state index in [9.17, 15) is 4.79 Å². The largest absolute Gasteiger partial charge is 0.371 e. The molecule has 22 heavy (non-hydrogen) atoms. The minimum absolute atomic E-state index is 0.133. The molecule has 3 heteroatoms. The molecule has 0 amide bonds. The number of benzene rings is 2. The van der Waals surface area contributed by atoms with Gasteiger partial charge in [0.2, 0.25) is 0 Å². The second-order valence-electron chi connectivity index (χ2n) is 5.60. The first-order valence-electron chi connectivity index (χ1n) is 7.65. The molecule has 0 N–H and O–H groups in total. The molecule has 0 bridgehead atoms. The molecule has 0 aliphatic carbocycles. The van der Waals surface area contributed by atoms with Crippen LogP contribution in [0.15, 0.2) is 60.7 Å². The Morgan fingerprint density at radius 2 is 1.59 bits per heavy atom. The maximum absolute atomic E-state index is 12.2. The number of Topliss-reactive ketones (excluding diaryl/α,β-unsaturated/α-hetero) is 1. The molecule has 1 aliphatic heterocycles. The van der Waals surface area contributed by atoms with E-state index in [0.29, 0.717) is 26.1 Å². The summed E-state index contributed by atoms with van der Waals surface area (Å²) in [5.41, 5.74) is 2.24. The molecule has 0 radical (unpaired) electrons. The molecule has 1 aliphatic rings. The fourth-order valence-electron chi connectivity index (χ4n) is 2.63. The van der Waals surface area contributed by atoms with E-state index in [2.05, 4.69) is 0 Å². The zero-order chi connectivity index (χ0) is 15.2. The summed E-state index contributed by atoms with van der Waals surface area (Å²) in [4.78, 5) is 12.2. The van der Waals surface area contributed by atoms with Gasteiger partial charge in [-0.05, 0) is 11.1 Å².